The van der Waals surface area contributed by atoms with Crippen molar-refractivity contribution in [2.24, 2.45) is 5.41 Å². The highest BCUT2D eigenvalue weighted by Gasteiger charge is 2.20. The summed E-state index contributed by atoms with van der Waals surface area (Å²) in [5.74, 6) is 1.65. The summed E-state index contributed by atoms with van der Waals surface area (Å²) in [5, 5.41) is 4.88. The van der Waals surface area contributed by atoms with Gasteiger partial charge in [0.1, 0.15) is 11.5 Å². The molecule has 2 aromatic heterocycles. The lowest BCUT2D eigenvalue weighted by molar-refractivity contribution is -0.128. The van der Waals surface area contributed by atoms with Gasteiger partial charge in [-0.1, -0.05) is 26.8 Å². The van der Waals surface area contributed by atoms with E-state index < -0.39 is 0 Å². The van der Waals surface area contributed by atoms with Crippen LogP contribution in [0.3, 0.4) is 0 Å². The molecule has 0 radical (unpaired) electrons. The summed E-state index contributed by atoms with van der Waals surface area (Å²) in [6, 6.07) is 7.84. The lowest BCUT2D eigenvalue weighted by atomic mass is 9.96. The van der Waals surface area contributed by atoms with Gasteiger partial charge in [0.2, 0.25) is 5.91 Å². The third-order valence-corrected chi connectivity index (χ3v) is 3.41. The maximum Gasteiger partial charge on any atom is 0.225 e. The molecule has 0 bridgehead atoms. The predicted molar refractivity (Wildman–Crippen MR) is 73.3 cm³/mol. The third kappa shape index (κ3) is 3.01. The molecule has 0 unspecified atom stereocenters. The number of carbonyl (C=O) groups is 1. The minimum atomic E-state index is -0.372. The summed E-state index contributed by atoms with van der Waals surface area (Å²) < 4.78 is 5.69. The monoisotopic (exact) mass is 263 g/mol. The molecule has 0 aliphatic carbocycles. The standard InChI is InChI=1S/C14H17NO2S/c1-14(2,3)13(16)15-9-10-6-7-11(17-10)12-5-4-8-18-12/h4-8H,9H2,1-3H3,(H,15,16). The average Bonchev–Trinajstić information content (AvgIpc) is 2.94. The van der Waals surface area contributed by atoms with E-state index in [4.69, 9.17) is 4.42 Å². The van der Waals surface area contributed by atoms with Gasteiger partial charge in [-0.3, -0.25) is 4.79 Å². The lowest BCUT2D eigenvalue weighted by Crippen LogP contribution is -2.34. The second-order valence-corrected chi connectivity index (χ2v) is 6.12. The molecule has 0 aromatic carbocycles. The van der Waals surface area contributed by atoms with Crippen LogP contribution in [-0.4, -0.2) is 5.91 Å². The predicted octanol–water partition coefficient (Wildman–Crippen LogP) is 3.67. The Kier molecular flexibility index (Phi) is 3.57. The highest BCUT2D eigenvalue weighted by molar-refractivity contribution is 7.13. The minimum Gasteiger partial charge on any atom is -0.458 e. The van der Waals surface area contributed by atoms with Gasteiger partial charge in [-0.2, -0.15) is 0 Å². The molecule has 3 nitrogen and oxygen atoms in total. The average molecular weight is 263 g/mol. The van der Waals surface area contributed by atoms with Gasteiger partial charge in [-0.25, -0.2) is 0 Å². The van der Waals surface area contributed by atoms with Gasteiger partial charge in [0, 0.05) is 5.41 Å². The van der Waals surface area contributed by atoms with E-state index in [2.05, 4.69) is 5.32 Å². The van der Waals surface area contributed by atoms with Gasteiger partial charge in [0.25, 0.3) is 0 Å². The van der Waals surface area contributed by atoms with Gasteiger partial charge in [-0.15, -0.1) is 11.3 Å². The van der Waals surface area contributed by atoms with Crippen LogP contribution in [0.5, 0.6) is 0 Å². The first-order valence-corrected chi connectivity index (χ1v) is 6.75. The van der Waals surface area contributed by atoms with Crippen LogP contribution in [-0.2, 0) is 11.3 Å². The van der Waals surface area contributed by atoms with Gasteiger partial charge < -0.3 is 9.73 Å². The molecule has 1 amide bonds. The quantitative estimate of drug-likeness (QED) is 0.918. The molecular formula is C14H17NO2S. The van der Waals surface area contributed by atoms with Crippen LogP contribution >= 0.6 is 11.3 Å². The highest BCUT2D eigenvalue weighted by atomic mass is 32.1. The van der Waals surface area contributed by atoms with Crippen LogP contribution in [0.15, 0.2) is 34.1 Å². The van der Waals surface area contributed by atoms with E-state index in [9.17, 15) is 4.79 Å². The van der Waals surface area contributed by atoms with Crippen molar-refractivity contribution in [1.82, 2.24) is 5.32 Å². The van der Waals surface area contributed by atoms with Crippen LogP contribution in [0.2, 0.25) is 0 Å². The first-order chi connectivity index (χ1) is 8.47. The fraction of sp³-hybridized carbons (Fsp3) is 0.357. The van der Waals surface area contributed by atoms with Crippen LogP contribution in [0.1, 0.15) is 26.5 Å². The normalized spacial score (nSPS) is 11.5. The summed E-state index contributed by atoms with van der Waals surface area (Å²) in [4.78, 5) is 12.8. The van der Waals surface area contributed by atoms with E-state index in [-0.39, 0.29) is 11.3 Å². The van der Waals surface area contributed by atoms with E-state index in [0.717, 1.165) is 16.4 Å². The van der Waals surface area contributed by atoms with Crippen molar-refractivity contribution >= 4 is 17.2 Å². The Morgan fingerprint density at radius 2 is 2.11 bits per heavy atom. The van der Waals surface area contributed by atoms with Gasteiger partial charge in [0.05, 0.1) is 11.4 Å². The Morgan fingerprint density at radius 1 is 1.33 bits per heavy atom. The Labute approximate surface area is 111 Å². The zero-order chi connectivity index (χ0) is 13.2. The number of hydrogen-bond acceptors (Lipinski definition) is 3. The van der Waals surface area contributed by atoms with Crippen LogP contribution < -0.4 is 5.32 Å². The van der Waals surface area contributed by atoms with Crippen LogP contribution in [0.25, 0.3) is 10.6 Å². The molecule has 0 spiro atoms. The van der Waals surface area contributed by atoms with E-state index >= 15 is 0 Å². The summed E-state index contributed by atoms with van der Waals surface area (Å²) in [5.41, 5.74) is -0.372. The summed E-state index contributed by atoms with van der Waals surface area (Å²) >= 11 is 1.64. The minimum absolute atomic E-state index is 0.0246. The zero-order valence-corrected chi connectivity index (χ0v) is 11.6. The second kappa shape index (κ2) is 4.98. The molecule has 2 rings (SSSR count). The summed E-state index contributed by atoms with van der Waals surface area (Å²) in [6.45, 7) is 6.10. The number of rotatable bonds is 3. The molecular weight excluding hydrogens is 246 g/mol. The number of hydrogen-bond donors (Lipinski definition) is 1. The van der Waals surface area contributed by atoms with Gasteiger partial charge >= 0.3 is 0 Å². The Morgan fingerprint density at radius 3 is 2.72 bits per heavy atom. The Balaban J connectivity index is 1.98. The van der Waals surface area contributed by atoms with Crippen molar-refractivity contribution in [2.45, 2.75) is 27.3 Å². The lowest BCUT2D eigenvalue weighted by Gasteiger charge is -2.16. The van der Waals surface area contributed by atoms with E-state index in [1.165, 1.54) is 0 Å². The number of furan rings is 1. The molecule has 0 saturated carbocycles. The summed E-state index contributed by atoms with van der Waals surface area (Å²) in [6.07, 6.45) is 0. The van der Waals surface area contributed by atoms with Crippen molar-refractivity contribution in [3.63, 3.8) is 0 Å². The van der Waals surface area contributed by atoms with Crippen molar-refractivity contribution in [3.05, 3.63) is 35.4 Å². The smallest absolute Gasteiger partial charge is 0.225 e. The molecule has 0 aliphatic rings. The number of nitrogens with one attached hydrogen (secondary N) is 1. The molecule has 0 atom stereocenters. The zero-order valence-electron chi connectivity index (χ0n) is 10.8. The van der Waals surface area contributed by atoms with Crippen molar-refractivity contribution in [1.29, 1.82) is 0 Å². The molecule has 18 heavy (non-hydrogen) atoms. The SMILES string of the molecule is CC(C)(C)C(=O)NCc1ccc(-c2cccs2)o1. The maximum absolute atomic E-state index is 11.7. The fourth-order valence-corrected chi connectivity index (χ4v) is 2.14. The Hall–Kier alpha value is -1.55. The van der Waals surface area contributed by atoms with E-state index in [0.29, 0.717) is 6.54 Å². The second-order valence-electron chi connectivity index (χ2n) is 5.18. The number of thiophene rings is 1. The van der Waals surface area contributed by atoms with E-state index in [1.807, 2.05) is 50.4 Å². The van der Waals surface area contributed by atoms with Crippen LogP contribution in [0.4, 0.5) is 0 Å². The third-order valence-electron chi connectivity index (χ3n) is 2.53. The van der Waals surface area contributed by atoms with E-state index in [1.54, 1.807) is 11.3 Å². The largest absolute Gasteiger partial charge is 0.458 e. The topological polar surface area (TPSA) is 42.2 Å². The van der Waals surface area contributed by atoms with Gasteiger partial charge in [0.15, 0.2) is 0 Å². The molecule has 0 aliphatic heterocycles. The molecule has 1 N–H and O–H groups in total. The highest BCUT2D eigenvalue weighted by Crippen LogP contribution is 2.26. The maximum atomic E-state index is 11.7. The first-order valence-electron chi connectivity index (χ1n) is 5.88. The van der Waals surface area contributed by atoms with Crippen molar-refractivity contribution in [3.8, 4) is 10.6 Å². The molecule has 96 valence electrons. The van der Waals surface area contributed by atoms with Crippen molar-refractivity contribution < 1.29 is 9.21 Å². The first kappa shape index (κ1) is 12.9. The number of amides is 1. The molecule has 0 fully saturated rings. The fourth-order valence-electron chi connectivity index (χ4n) is 1.46. The van der Waals surface area contributed by atoms with Crippen molar-refractivity contribution in [2.75, 3.05) is 0 Å². The summed E-state index contributed by atoms with van der Waals surface area (Å²) in [7, 11) is 0. The van der Waals surface area contributed by atoms with Gasteiger partial charge in [-0.05, 0) is 23.6 Å². The Bertz CT molecular complexity index is 520. The molecule has 2 aromatic rings. The van der Waals surface area contributed by atoms with Crippen LogP contribution in [0, 0.1) is 5.41 Å². The molecule has 4 heteroatoms. The number of carbonyl (C=O) groups excluding carboxylic acids is 1. The molecule has 0 saturated heterocycles. The molecule has 2 heterocycles.